The normalized spacial score (nSPS) is 11.1. The zero-order valence-electron chi connectivity index (χ0n) is 66.5. The summed E-state index contributed by atoms with van der Waals surface area (Å²) < 4.78 is 74.6. The molecule has 0 atom stereocenters. The molecule has 0 saturated heterocycles. The molecule has 0 saturated carbocycles. The quantitative estimate of drug-likeness (QED) is 0.0130. The van der Waals surface area contributed by atoms with Crippen LogP contribution in [0.4, 0.5) is 64.7 Å². The van der Waals surface area contributed by atoms with E-state index in [1.165, 1.54) is 0 Å². The van der Waals surface area contributed by atoms with E-state index in [9.17, 15) is 19.2 Å². The number of fused-ring (bicyclic) bond motifs is 8. The van der Waals surface area contributed by atoms with Crippen LogP contribution in [0.1, 0.15) is 95.9 Å². The van der Waals surface area contributed by atoms with Crippen molar-refractivity contribution in [1.82, 2.24) is 0 Å². The largest absolute Gasteiger partial charge is 0.496 e. The van der Waals surface area contributed by atoms with Crippen LogP contribution in [-0.4, -0.2) is 105 Å². The smallest absolute Gasteiger partial charge is 0.323 e. The topological polar surface area (TPSA) is 275 Å². The molecule has 0 spiro atoms. The first kappa shape index (κ1) is 86.3. The molecule has 0 heterocycles. The van der Waals surface area contributed by atoms with E-state index in [2.05, 4.69) is 95.2 Å². The minimum atomic E-state index is -0.615. The number of hydrogen-bond donors (Lipinski definition) is 8. The Labute approximate surface area is 679 Å². The molecular formula is C92H104N8O16. The molecule has 8 amide bonds. The van der Waals surface area contributed by atoms with Crippen molar-refractivity contribution in [3.63, 3.8) is 0 Å². The number of carbonyl (C=O) groups excluding carboxylic acids is 4. The van der Waals surface area contributed by atoms with Crippen LogP contribution < -0.4 is 99.4 Å². The lowest BCUT2D eigenvalue weighted by atomic mass is 9.90. The summed E-state index contributed by atoms with van der Waals surface area (Å²) >= 11 is 0. The second-order valence-corrected chi connectivity index (χ2v) is 26.5. The fourth-order valence-corrected chi connectivity index (χ4v) is 12.7. The SMILES string of the molecule is C=CCCOc1cc(NC(=O)Nc2cc3c(OC)c(c2)Cc2cc(NC(=O)Nc4cc(OCCC=C)cc(OCCC=C)c4)cc(c2OC)Cc2cc(NC(=O)Nc4cc(OCCC=C)cc(OCCC=C)c4)cc(c2OC)Cc2cc(NC(=O)Nc4cc(OCCC=C)cc(OCCC=C)c4)cc(c2OC)C3)cc(OCCC=C)c1. The van der Waals surface area contributed by atoms with Crippen LogP contribution in [0.5, 0.6) is 69.0 Å². The molecular weight excluding hydrogens is 1470 g/mol. The standard InChI is InChI=1S/C92H104N8O16/c1-13-21-29-109-77-49-73(50-78(57-77)110-30-22-14-2)97-89(101)93-69-41-61-37-63-43-70(94-90(102)98-74-51-79(111-31-23-15-3)58-80(52-74)112-32-24-16-4)45-65(86(63)106-10)39-67-47-72(96-92(104)100-76-55-83(115-35-27-19-7)60-84(56-76)116-36-28-20-8)48-68(88(67)108-12)40-66-46-71(44-64(87(66)107-11)38-62(42-69)85(61)105-9)95-91(103)99-75-53-81(113-33-25-17-5)59-82(54-75)114-34-26-18-6/h13-20,41-60H,1-8,21-40H2,9-12H3,(H2,93,97,101)(H2,94,98,102)(H2,95,99,103)(H2,96,100,104). The summed E-state index contributed by atoms with van der Waals surface area (Å²) in [5.41, 5.74) is 7.34. The number of hydrogen-bond acceptors (Lipinski definition) is 16. The Morgan fingerprint density at radius 2 is 0.362 bits per heavy atom. The number of ether oxygens (including phenoxy) is 12. The van der Waals surface area contributed by atoms with Gasteiger partial charge in [0, 0.05) is 188 Å². The van der Waals surface area contributed by atoms with Gasteiger partial charge in [-0.2, -0.15) is 0 Å². The van der Waals surface area contributed by atoms with E-state index in [1.807, 2.05) is 0 Å². The van der Waals surface area contributed by atoms with E-state index in [1.54, 1.807) is 198 Å². The Hall–Kier alpha value is -13.6. The molecule has 0 aromatic heterocycles. The third-order valence-corrected chi connectivity index (χ3v) is 17.6. The molecule has 1 aliphatic carbocycles. The van der Waals surface area contributed by atoms with E-state index in [4.69, 9.17) is 56.8 Å². The Morgan fingerprint density at radius 3 is 0.483 bits per heavy atom. The molecule has 1 aliphatic rings. The Bertz CT molecular complexity index is 4010. The molecule has 8 aromatic rings. The monoisotopic (exact) mass is 1580 g/mol. The maximum absolute atomic E-state index is 14.7. The molecule has 0 aliphatic heterocycles. The van der Waals surface area contributed by atoms with Crippen molar-refractivity contribution >= 4 is 69.6 Å². The summed E-state index contributed by atoms with van der Waals surface area (Å²) in [6, 6.07) is 32.5. The van der Waals surface area contributed by atoms with Gasteiger partial charge in [0.2, 0.25) is 0 Å². The summed E-state index contributed by atoms with van der Waals surface area (Å²) in [5, 5.41) is 24.4. The van der Waals surface area contributed by atoms with Gasteiger partial charge in [0.25, 0.3) is 0 Å². The van der Waals surface area contributed by atoms with Gasteiger partial charge in [0.1, 0.15) is 69.0 Å². The minimum Gasteiger partial charge on any atom is -0.496 e. The Balaban J connectivity index is 1.22. The van der Waals surface area contributed by atoms with Gasteiger partial charge in [-0.1, -0.05) is 48.6 Å². The summed E-state index contributed by atoms with van der Waals surface area (Å²) in [6.45, 7) is 33.3. The van der Waals surface area contributed by atoms with Crippen molar-refractivity contribution in [2.45, 2.75) is 77.0 Å². The van der Waals surface area contributed by atoms with Crippen molar-refractivity contribution in [3.05, 3.63) is 267 Å². The van der Waals surface area contributed by atoms with Crippen LogP contribution in [0, 0.1) is 0 Å². The van der Waals surface area contributed by atoms with E-state index < -0.39 is 24.1 Å². The fourth-order valence-electron chi connectivity index (χ4n) is 12.7. The van der Waals surface area contributed by atoms with Gasteiger partial charge in [-0.25, -0.2) is 19.2 Å². The first-order valence-electron chi connectivity index (χ1n) is 38.1. The molecule has 8 N–H and O–H groups in total. The lowest BCUT2D eigenvalue weighted by Crippen LogP contribution is -2.21. The highest BCUT2D eigenvalue weighted by atomic mass is 16.5. The van der Waals surface area contributed by atoms with E-state index in [0.717, 1.165) is 0 Å². The van der Waals surface area contributed by atoms with Crippen LogP contribution in [0.3, 0.4) is 0 Å². The van der Waals surface area contributed by atoms with Crippen LogP contribution in [-0.2, 0) is 25.7 Å². The minimum absolute atomic E-state index is 0.0446. The van der Waals surface area contributed by atoms with E-state index in [-0.39, 0.29) is 25.7 Å². The number of rotatable bonds is 44. The molecule has 0 radical (unpaired) electrons. The van der Waals surface area contributed by atoms with Gasteiger partial charge in [-0.3, -0.25) is 0 Å². The van der Waals surface area contributed by atoms with Crippen LogP contribution in [0.15, 0.2) is 223 Å². The van der Waals surface area contributed by atoms with Gasteiger partial charge in [-0.05, 0) is 99.9 Å². The maximum Gasteiger partial charge on any atom is 0.323 e. The van der Waals surface area contributed by atoms with Gasteiger partial charge >= 0.3 is 24.1 Å². The molecule has 0 fully saturated rings. The molecule has 24 heteroatoms. The average molecular weight is 1580 g/mol. The first-order chi connectivity index (χ1) is 56.5. The van der Waals surface area contributed by atoms with Crippen molar-refractivity contribution in [1.29, 1.82) is 0 Å². The predicted molar refractivity (Wildman–Crippen MR) is 462 cm³/mol. The third-order valence-electron chi connectivity index (χ3n) is 17.6. The van der Waals surface area contributed by atoms with E-state index >= 15 is 0 Å². The lowest BCUT2D eigenvalue weighted by Gasteiger charge is -2.23. The molecule has 9 rings (SSSR count). The molecule has 24 nitrogen and oxygen atoms in total. The molecule has 608 valence electrons. The zero-order chi connectivity index (χ0) is 82.6. The third kappa shape index (κ3) is 26.2. The summed E-state index contributed by atoms with van der Waals surface area (Å²) in [4.78, 5) is 58.8. The van der Waals surface area contributed by atoms with Gasteiger partial charge in [0.05, 0.1) is 81.3 Å². The summed E-state index contributed by atoms with van der Waals surface area (Å²) in [7, 11) is 6.22. The van der Waals surface area contributed by atoms with Crippen LogP contribution in [0.2, 0.25) is 0 Å². The highest BCUT2D eigenvalue weighted by Crippen LogP contribution is 2.44. The van der Waals surface area contributed by atoms with E-state index in [0.29, 0.717) is 263 Å². The number of nitrogens with one attached hydrogen (secondary N) is 8. The Morgan fingerprint density at radius 1 is 0.233 bits per heavy atom. The second-order valence-electron chi connectivity index (χ2n) is 26.5. The van der Waals surface area contributed by atoms with Crippen molar-refractivity contribution < 1.29 is 76.0 Å². The summed E-state index contributed by atoms with van der Waals surface area (Å²) in [6.07, 6.45) is 18.8. The van der Waals surface area contributed by atoms with Crippen LogP contribution in [0.25, 0.3) is 0 Å². The zero-order valence-corrected chi connectivity index (χ0v) is 66.5. The average Bonchev–Trinajstić information content (AvgIpc) is 0.772. The summed E-state index contributed by atoms with van der Waals surface area (Å²) in [5.74, 6) is 5.35. The van der Waals surface area contributed by atoms with Crippen LogP contribution >= 0.6 is 0 Å². The molecule has 8 aromatic carbocycles. The fraction of sp³-hybridized carbons (Fsp3) is 0.261. The lowest BCUT2D eigenvalue weighted by molar-refractivity contribution is 0.261. The highest BCUT2D eigenvalue weighted by molar-refractivity contribution is 6.03. The number of amides is 8. The number of methoxy groups -OCH3 is 4. The van der Waals surface area contributed by atoms with Crippen molar-refractivity contribution in [2.75, 3.05) is 124 Å². The maximum atomic E-state index is 14.7. The highest BCUT2D eigenvalue weighted by Gasteiger charge is 2.27. The first-order valence-corrected chi connectivity index (χ1v) is 38.1. The van der Waals surface area contributed by atoms with Crippen molar-refractivity contribution in [2.24, 2.45) is 0 Å². The molecule has 0 unspecified atom stereocenters. The van der Waals surface area contributed by atoms with Crippen molar-refractivity contribution in [3.8, 4) is 69.0 Å². The number of benzene rings is 8. The number of anilines is 8. The van der Waals surface area contributed by atoms with Gasteiger partial charge in [0.15, 0.2) is 0 Å². The number of carbonyl (C=O) groups is 4. The second kappa shape index (κ2) is 45.2. The predicted octanol–water partition coefficient (Wildman–Crippen LogP) is 20.6. The Kier molecular flexibility index (Phi) is 33.6. The van der Waals surface area contributed by atoms with Gasteiger partial charge < -0.3 is 99.4 Å². The van der Waals surface area contributed by atoms with Gasteiger partial charge in [-0.15, -0.1) is 52.6 Å². The number of urea groups is 4. The molecule has 8 bridgehead atoms. The molecule has 116 heavy (non-hydrogen) atoms.